The van der Waals surface area contributed by atoms with Gasteiger partial charge in [0.1, 0.15) is 11.5 Å². The predicted molar refractivity (Wildman–Crippen MR) is 56.4 cm³/mol. The smallest absolute Gasteiger partial charge is 0.240 e. The molecule has 0 saturated heterocycles. The van der Waals surface area contributed by atoms with Crippen molar-refractivity contribution in [2.45, 2.75) is 0 Å². The van der Waals surface area contributed by atoms with Gasteiger partial charge in [-0.3, -0.25) is 4.68 Å². The monoisotopic (exact) mass is 217 g/mol. The van der Waals surface area contributed by atoms with Crippen LogP contribution in [0.4, 0.5) is 10.1 Å². The molecule has 0 aliphatic rings. The van der Waals surface area contributed by atoms with Gasteiger partial charge >= 0.3 is 0 Å². The Hall–Kier alpha value is -2.26. The number of rotatable bonds is 2. The molecular formula is C11H8FN3O. The van der Waals surface area contributed by atoms with Crippen molar-refractivity contribution in [2.75, 3.05) is 0 Å². The zero-order valence-electron chi connectivity index (χ0n) is 8.51. The highest BCUT2D eigenvalue weighted by atomic mass is 19.1. The molecule has 0 aliphatic carbocycles. The molecule has 0 spiro atoms. The zero-order valence-corrected chi connectivity index (χ0v) is 8.51. The highest BCUT2D eigenvalue weighted by Gasteiger charge is 2.10. The summed E-state index contributed by atoms with van der Waals surface area (Å²) < 4.78 is 14.6. The second-order valence-electron chi connectivity index (χ2n) is 3.22. The number of hydrogen-bond acceptors (Lipinski definition) is 3. The summed E-state index contributed by atoms with van der Waals surface area (Å²) in [6, 6.07) is 6.03. The minimum Gasteiger partial charge on any atom is -0.266 e. The van der Waals surface area contributed by atoms with Crippen LogP contribution in [0.5, 0.6) is 0 Å². The molecule has 1 heterocycles. The minimum absolute atomic E-state index is 0.347. The summed E-state index contributed by atoms with van der Waals surface area (Å²) in [5.74, 6) is -0.347. The van der Waals surface area contributed by atoms with Crippen LogP contribution in [-0.2, 0) is 11.8 Å². The number of halogens is 1. The maximum Gasteiger partial charge on any atom is 0.240 e. The molecule has 1 aromatic carbocycles. The molecule has 80 valence electrons. The van der Waals surface area contributed by atoms with E-state index in [1.165, 1.54) is 29.1 Å². The molecule has 0 aliphatic heterocycles. The molecule has 0 bridgehead atoms. The summed E-state index contributed by atoms with van der Waals surface area (Å²) in [6.07, 6.45) is 2.89. The van der Waals surface area contributed by atoms with E-state index in [-0.39, 0.29) is 5.82 Å². The van der Waals surface area contributed by atoms with Crippen molar-refractivity contribution >= 4 is 11.8 Å². The maximum absolute atomic E-state index is 13.1. The minimum atomic E-state index is -0.347. The van der Waals surface area contributed by atoms with E-state index < -0.39 is 0 Å². The van der Waals surface area contributed by atoms with Gasteiger partial charge in [0.25, 0.3) is 0 Å². The molecular weight excluding hydrogens is 209 g/mol. The Balaban J connectivity index is 2.63. The Morgan fingerprint density at radius 1 is 1.50 bits per heavy atom. The third-order valence-electron chi connectivity index (χ3n) is 2.18. The summed E-state index contributed by atoms with van der Waals surface area (Å²) in [4.78, 5) is 13.8. The maximum atomic E-state index is 13.1. The lowest BCUT2D eigenvalue weighted by Crippen LogP contribution is -1.93. The molecule has 1 aromatic heterocycles. The van der Waals surface area contributed by atoms with E-state index in [9.17, 15) is 9.18 Å². The van der Waals surface area contributed by atoms with Crippen LogP contribution in [0.1, 0.15) is 0 Å². The first kappa shape index (κ1) is 10.3. The van der Waals surface area contributed by atoms with Gasteiger partial charge in [-0.2, -0.15) is 10.1 Å². The van der Waals surface area contributed by atoms with E-state index in [1.54, 1.807) is 19.2 Å². The van der Waals surface area contributed by atoms with Gasteiger partial charge in [0, 0.05) is 12.6 Å². The molecule has 4 nitrogen and oxygen atoms in total. The Morgan fingerprint density at radius 3 is 3.00 bits per heavy atom. The third kappa shape index (κ3) is 1.76. The summed E-state index contributed by atoms with van der Waals surface area (Å²) in [5.41, 5.74) is 1.58. The van der Waals surface area contributed by atoms with Gasteiger partial charge in [-0.15, -0.1) is 0 Å². The summed E-state index contributed by atoms with van der Waals surface area (Å²) in [7, 11) is 1.70. The van der Waals surface area contributed by atoms with Crippen LogP contribution in [0.25, 0.3) is 11.3 Å². The molecule has 5 heteroatoms. The number of isocyanates is 1. The molecule has 0 N–H and O–H groups in total. The fourth-order valence-electron chi connectivity index (χ4n) is 1.53. The van der Waals surface area contributed by atoms with Crippen molar-refractivity contribution in [1.82, 2.24) is 9.78 Å². The van der Waals surface area contributed by atoms with E-state index in [4.69, 9.17) is 0 Å². The first-order valence-electron chi connectivity index (χ1n) is 4.58. The Morgan fingerprint density at radius 2 is 2.31 bits per heavy atom. The van der Waals surface area contributed by atoms with Crippen molar-refractivity contribution in [1.29, 1.82) is 0 Å². The average molecular weight is 217 g/mol. The zero-order chi connectivity index (χ0) is 11.5. The van der Waals surface area contributed by atoms with Crippen LogP contribution in [0.15, 0.2) is 35.5 Å². The number of hydrogen-bond donors (Lipinski definition) is 0. The second-order valence-corrected chi connectivity index (χ2v) is 3.22. The molecule has 16 heavy (non-hydrogen) atoms. The van der Waals surface area contributed by atoms with E-state index >= 15 is 0 Å². The van der Waals surface area contributed by atoms with Crippen LogP contribution in [0.3, 0.4) is 0 Å². The Bertz CT molecular complexity index is 570. The molecule has 0 radical (unpaired) electrons. The lowest BCUT2D eigenvalue weighted by Gasteiger charge is -2.02. The van der Waals surface area contributed by atoms with Crippen molar-refractivity contribution in [2.24, 2.45) is 12.0 Å². The topological polar surface area (TPSA) is 47.2 Å². The van der Waals surface area contributed by atoms with Crippen molar-refractivity contribution in [3.63, 3.8) is 0 Å². The second kappa shape index (κ2) is 4.08. The Kier molecular flexibility index (Phi) is 2.62. The highest BCUT2D eigenvalue weighted by molar-refractivity contribution is 5.73. The van der Waals surface area contributed by atoms with Crippen LogP contribution in [-0.4, -0.2) is 15.9 Å². The van der Waals surface area contributed by atoms with Crippen molar-refractivity contribution < 1.29 is 9.18 Å². The van der Waals surface area contributed by atoms with Crippen LogP contribution >= 0.6 is 0 Å². The highest BCUT2D eigenvalue weighted by Crippen LogP contribution is 2.29. The van der Waals surface area contributed by atoms with E-state index in [2.05, 4.69) is 10.1 Å². The first-order valence-corrected chi connectivity index (χ1v) is 4.58. The molecule has 0 atom stereocenters. The number of benzene rings is 1. The standard InChI is InChI=1S/C11H8FN3O/c1-15-11(10(6-14-15)13-7-16)8-3-2-4-9(12)5-8/h2-6H,1H3. The third-order valence-corrected chi connectivity index (χ3v) is 2.18. The number of aromatic nitrogens is 2. The number of nitrogens with zero attached hydrogens (tertiary/aromatic N) is 3. The summed E-state index contributed by atoms with van der Waals surface area (Å²) >= 11 is 0. The van der Waals surface area contributed by atoms with E-state index in [1.807, 2.05) is 0 Å². The number of aliphatic imine (C=N–C) groups is 1. The first-order chi connectivity index (χ1) is 7.72. The number of carbonyl (C=O) groups excluding carboxylic acids is 1. The van der Waals surface area contributed by atoms with Crippen LogP contribution in [0.2, 0.25) is 0 Å². The molecule has 0 amide bonds. The van der Waals surface area contributed by atoms with Crippen LogP contribution in [0, 0.1) is 5.82 Å². The summed E-state index contributed by atoms with van der Waals surface area (Å²) in [5, 5.41) is 3.96. The fraction of sp³-hybridized carbons (Fsp3) is 0.0909. The SMILES string of the molecule is Cn1ncc(N=C=O)c1-c1cccc(F)c1. The number of aryl methyl sites for hydroxylation is 1. The lowest BCUT2D eigenvalue weighted by atomic mass is 10.1. The lowest BCUT2D eigenvalue weighted by molar-refractivity contribution is 0.565. The molecule has 2 aromatic rings. The molecule has 0 saturated carbocycles. The fourth-order valence-corrected chi connectivity index (χ4v) is 1.53. The van der Waals surface area contributed by atoms with Crippen molar-refractivity contribution in [3.8, 4) is 11.3 Å². The van der Waals surface area contributed by atoms with Gasteiger partial charge in [0.15, 0.2) is 0 Å². The molecule has 0 fully saturated rings. The van der Waals surface area contributed by atoms with Gasteiger partial charge < -0.3 is 0 Å². The van der Waals surface area contributed by atoms with Gasteiger partial charge in [-0.1, -0.05) is 12.1 Å². The molecule has 0 unspecified atom stereocenters. The van der Waals surface area contributed by atoms with Gasteiger partial charge in [-0.05, 0) is 12.1 Å². The van der Waals surface area contributed by atoms with Gasteiger partial charge in [0.05, 0.1) is 11.9 Å². The Labute approximate surface area is 91.0 Å². The van der Waals surface area contributed by atoms with E-state index in [0.717, 1.165) is 0 Å². The average Bonchev–Trinajstić information content (AvgIpc) is 2.60. The van der Waals surface area contributed by atoms with Crippen LogP contribution < -0.4 is 0 Å². The van der Waals surface area contributed by atoms with Gasteiger partial charge in [-0.25, -0.2) is 9.18 Å². The largest absolute Gasteiger partial charge is 0.266 e. The normalized spacial score (nSPS) is 9.88. The predicted octanol–water partition coefficient (Wildman–Crippen LogP) is 2.19. The van der Waals surface area contributed by atoms with Gasteiger partial charge in [0.2, 0.25) is 6.08 Å². The van der Waals surface area contributed by atoms with Crippen molar-refractivity contribution in [3.05, 3.63) is 36.3 Å². The summed E-state index contributed by atoms with van der Waals surface area (Å²) in [6.45, 7) is 0. The molecule has 2 rings (SSSR count). The quantitative estimate of drug-likeness (QED) is 0.571. The van der Waals surface area contributed by atoms with E-state index in [0.29, 0.717) is 16.9 Å².